The van der Waals surface area contributed by atoms with Crippen LogP contribution in [0.2, 0.25) is 0 Å². The van der Waals surface area contributed by atoms with Gasteiger partial charge in [-0.05, 0) is 31.1 Å². The van der Waals surface area contributed by atoms with Crippen LogP contribution in [-0.2, 0) is 19.1 Å². The summed E-state index contributed by atoms with van der Waals surface area (Å²) in [4.78, 5) is 39.2. The molecule has 2 amide bonds. The summed E-state index contributed by atoms with van der Waals surface area (Å²) < 4.78 is 6.45. The van der Waals surface area contributed by atoms with E-state index in [-0.39, 0.29) is 42.6 Å². The maximum absolute atomic E-state index is 13.6. The number of methoxy groups -OCH3 is 1. The first-order chi connectivity index (χ1) is 15.1. The molecule has 3 atom stereocenters. The van der Waals surface area contributed by atoms with Gasteiger partial charge in [-0.15, -0.1) is 5.10 Å². The van der Waals surface area contributed by atoms with E-state index < -0.39 is 23.6 Å². The number of aromatic nitrogens is 3. The van der Waals surface area contributed by atoms with Crippen molar-refractivity contribution >= 4 is 17.8 Å². The summed E-state index contributed by atoms with van der Waals surface area (Å²) in [6.45, 7) is 5.95. The number of aliphatic hydroxyl groups is 1. The zero-order chi connectivity index (χ0) is 23.6. The van der Waals surface area contributed by atoms with E-state index in [1.807, 2.05) is 27.0 Å². The van der Waals surface area contributed by atoms with Gasteiger partial charge in [0, 0.05) is 32.1 Å². The Labute approximate surface area is 188 Å². The smallest absolute Gasteiger partial charge is 0.308 e. The Bertz CT molecular complexity index is 840. The predicted molar refractivity (Wildman–Crippen MR) is 115 cm³/mol. The van der Waals surface area contributed by atoms with Gasteiger partial charge < -0.3 is 20.1 Å². The van der Waals surface area contributed by atoms with Crippen LogP contribution >= 0.6 is 0 Å². The van der Waals surface area contributed by atoms with Crippen LogP contribution in [0.3, 0.4) is 0 Å². The van der Waals surface area contributed by atoms with Gasteiger partial charge in [-0.3, -0.25) is 14.4 Å². The fourth-order valence-corrected chi connectivity index (χ4v) is 4.91. The number of likely N-dealkylation sites (tertiary alicyclic amines) is 1. The van der Waals surface area contributed by atoms with Crippen LogP contribution in [-0.4, -0.2) is 75.6 Å². The molecule has 10 nitrogen and oxygen atoms in total. The monoisotopic (exact) mass is 449 g/mol. The van der Waals surface area contributed by atoms with Crippen molar-refractivity contribution in [2.45, 2.75) is 77.0 Å². The van der Waals surface area contributed by atoms with Crippen LogP contribution in [0.5, 0.6) is 0 Å². The molecule has 2 N–H and O–H groups in total. The zero-order valence-corrected chi connectivity index (χ0v) is 19.6. The van der Waals surface area contributed by atoms with Crippen molar-refractivity contribution in [3.63, 3.8) is 0 Å². The lowest BCUT2D eigenvalue weighted by atomic mass is 9.80. The fraction of sp³-hybridized carbons (Fsp3) is 0.773. The molecule has 1 unspecified atom stereocenters. The van der Waals surface area contributed by atoms with Gasteiger partial charge in [0.15, 0.2) is 0 Å². The molecule has 2 heterocycles. The Morgan fingerprint density at radius 1 is 1.22 bits per heavy atom. The Morgan fingerprint density at radius 3 is 2.44 bits per heavy atom. The maximum atomic E-state index is 13.6. The molecule has 178 valence electrons. The number of hydrogen-bond donors (Lipinski definition) is 2. The van der Waals surface area contributed by atoms with Gasteiger partial charge in [-0.2, -0.15) is 0 Å². The number of hydrogen-bond acceptors (Lipinski definition) is 7. The summed E-state index contributed by atoms with van der Waals surface area (Å²) >= 11 is 0. The van der Waals surface area contributed by atoms with E-state index in [4.69, 9.17) is 4.74 Å². The topological polar surface area (TPSA) is 127 Å². The van der Waals surface area contributed by atoms with Gasteiger partial charge in [0.05, 0.1) is 24.8 Å². The number of rotatable bonds is 5. The first-order valence-electron chi connectivity index (χ1n) is 11.3. The van der Waals surface area contributed by atoms with E-state index in [1.165, 1.54) is 19.1 Å². The zero-order valence-electron chi connectivity index (χ0n) is 19.6. The molecule has 2 fully saturated rings. The number of ether oxygens (including phenoxy) is 1. The minimum atomic E-state index is -0.738. The lowest BCUT2D eigenvalue weighted by Crippen LogP contribution is -2.49. The van der Waals surface area contributed by atoms with Gasteiger partial charge in [0.25, 0.3) is 0 Å². The van der Waals surface area contributed by atoms with Crippen molar-refractivity contribution in [3.8, 4) is 0 Å². The number of carbonyl (C=O) groups excluding carboxylic acids is 3. The van der Waals surface area contributed by atoms with E-state index in [0.29, 0.717) is 0 Å². The molecule has 1 saturated heterocycles. The van der Waals surface area contributed by atoms with Crippen LogP contribution in [0.25, 0.3) is 0 Å². The lowest BCUT2D eigenvalue weighted by molar-refractivity contribution is -0.146. The van der Waals surface area contributed by atoms with E-state index in [2.05, 4.69) is 15.6 Å². The highest BCUT2D eigenvalue weighted by molar-refractivity contribution is 5.90. The molecule has 1 saturated carbocycles. The normalized spacial score (nSPS) is 27.1. The van der Waals surface area contributed by atoms with Gasteiger partial charge in [-0.1, -0.05) is 26.0 Å². The number of nitrogens with one attached hydrogen (secondary N) is 1. The number of amides is 2. The van der Waals surface area contributed by atoms with Crippen LogP contribution in [0, 0.1) is 11.3 Å². The summed E-state index contributed by atoms with van der Waals surface area (Å²) in [6.07, 6.45) is 4.40. The number of aliphatic hydroxyl groups excluding tert-OH is 1. The average molecular weight is 450 g/mol. The average Bonchev–Trinajstić information content (AvgIpc) is 3.38. The second-order valence-electron chi connectivity index (χ2n) is 9.97. The number of β-amino-alcohol motifs (C(OH)–C–C–N with tert-alkyl or cyclic N) is 1. The molecule has 10 heteroatoms. The Balaban J connectivity index is 1.79. The highest BCUT2D eigenvalue weighted by Gasteiger charge is 2.45. The molecule has 32 heavy (non-hydrogen) atoms. The molecular weight excluding hydrogens is 414 g/mol. The molecule has 2 aliphatic rings. The fourth-order valence-electron chi connectivity index (χ4n) is 4.91. The Hall–Kier alpha value is -2.49. The summed E-state index contributed by atoms with van der Waals surface area (Å²) in [7, 11) is 2.94. The highest BCUT2D eigenvalue weighted by atomic mass is 16.5. The second kappa shape index (κ2) is 9.56. The minimum Gasteiger partial charge on any atom is -0.469 e. The number of esters is 1. The van der Waals surface area contributed by atoms with Crippen LogP contribution in [0.15, 0.2) is 6.20 Å². The summed E-state index contributed by atoms with van der Waals surface area (Å²) in [5.74, 6) is -0.604. The van der Waals surface area contributed by atoms with Crippen molar-refractivity contribution in [1.82, 2.24) is 25.2 Å². The van der Waals surface area contributed by atoms with Crippen LogP contribution in [0.4, 0.5) is 0 Å². The second-order valence-corrected chi connectivity index (χ2v) is 9.97. The predicted octanol–water partition coefficient (Wildman–Crippen LogP) is 1.02. The summed E-state index contributed by atoms with van der Waals surface area (Å²) in [5.41, 5.74) is 0.311. The van der Waals surface area contributed by atoms with Crippen molar-refractivity contribution in [1.29, 1.82) is 0 Å². The quantitative estimate of drug-likeness (QED) is 0.643. The largest absolute Gasteiger partial charge is 0.469 e. The van der Waals surface area contributed by atoms with Crippen LogP contribution in [0.1, 0.15) is 70.5 Å². The lowest BCUT2D eigenvalue weighted by Gasteiger charge is -2.34. The molecule has 0 aromatic carbocycles. The first-order valence-corrected chi connectivity index (χ1v) is 11.3. The van der Waals surface area contributed by atoms with Crippen molar-refractivity contribution in [2.75, 3.05) is 20.7 Å². The molecule has 1 aliphatic carbocycles. The van der Waals surface area contributed by atoms with E-state index in [0.717, 1.165) is 31.4 Å². The van der Waals surface area contributed by atoms with Gasteiger partial charge >= 0.3 is 5.97 Å². The molecular formula is C22H35N5O5. The highest BCUT2D eigenvalue weighted by Crippen LogP contribution is 2.38. The van der Waals surface area contributed by atoms with Crippen molar-refractivity contribution in [3.05, 3.63) is 11.9 Å². The third-order valence-electron chi connectivity index (χ3n) is 6.64. The van der Waals surface area contributed by atoms with Crippen molar-refractivity contribution in [2.24, 2.45) is 11.3 Å². The molecule has 0 bridgehead atoms. The van der Waals surface area contributed by atoms with Gasteiger partial charge in [0.2, 0.25) is 11.8 Å². The summed E-state index contributed by atoms with van der Waals surface area (Å²) in [5, 5.41) is 21.4. The maximum Gasteiger partial charge on any atom is 0.308 e. The Kier molecular flexibility index (Phi) is 7.22. The standard InChI is InChI=1S/C22H35N5O5/c1-22(2,3)18(20(30)26-11-15(28)10-17(26)19(29)23-4)27-12-16(24-25-27)13-6-8-14(9-7-13)21(31)32-5/h12-15,17-18,28H,6-11H2,1-5H3,(H,23,29)/t13?,14?,15-,17+,18?/m0/s1. The SMILES string of the molecule is CNC(=O)[C@H]1C[C@H](O)CN1C(=O)C(n1cc(C2CCC(C(=O)OC)CC2)nn1)C(C)(C)C. The number of nitrogens with zero attached hydrogens (tertiary/aromatic N) is 4. The van der Waals surface area contributed by atoms with Crippen LogP contribution < -0.4 is 5.32 Å². The van der Waals surface area contributed by atoms with Crippen molar-refractivity contribution < 1.29 is 24.2 Å². The van der Waals surface area contributed by atoms with E-state index >= 15 is 0 Å². The minimum absolute atomic E-state index is 0.0709. The Morgan fingerprint density at radius 2 is 1.88 bits per heavy atom. The molecule has 3 rings (SSSR count). The molecule has 1 aromatic rings. The molecule has 0 spiro atoms. The van der Waals surface area contributed by atoms with E-state index in [1.54, 1.807) is 4.68 Å². The third-order valence-corrected chi connectivity index (χ3v) is 6.64. The summed E-state index contributed by atoms with van der Waals surface area (Å²) in [6, 6.07) is -1.38. The molecule has 1 aromatic heterocycles. The third kappa shape index (κ3) is 4.95. The van der Waals surface area contributed by atoms with Gasteiger partial charge in [-0.25, -0.2) is 4.68 Å². The van der Waals surface area contributed by atoms with E-state index in [9.17, 15) is 19.5 Å². The number of likely N-dealkylation sites (N-methyl/N-ethyl adjacent to an activating group) is 1. The molecule has 1 aliphatic heterocycles. The number of carbonyl (C=O) groups is 3. The first kappa shape index (κ1) is 24.2. The molecule has 0 radical (unpaired) electrons. The van der Waals surface area contributed by atoms with Gasteiger partial charge in [0.1, 0.15) is 12.1 Å².